The molecule has 3 aromatic rings. The molecule has 1 fully saturated rings. The molecular weight excluding hydrogens is 350 g/mol. The summed E-state index contributed by atoms with van der Waals surface area (Å²) in [5.41, 5.74) is 3.26. The van der Waals surface area contributed by atoms with Gasteiger partial charge in [0.2, 0.25) is 0 Å². The number of thioether (sulfide) groups is 1. The highest BCUT2D eigenvalue weighted by Crippen LogP contribution is 2.54. The van der Waals surface area contributed by atoms with Gasteiger partial charge in [0.15, 0.2) is 5.78 Å². The van der Waals surface area contributed by atoms with Gasteiger partial charge in [-0.25, -0.2) is 0 Å². The highest BCUT2D eigenvalue weighted by molar-refractivity contribution is 8.03. The molecule has 1 saturated heterocycles. The maximum Gasteiger partial charge on any atom is 0.188 e. The summed E-state index contributed by atoms with van der Waals surface area (Å²) in [6.07, 6.45) is 1.78. The number of hydrogen-bond acceptors (Lipinski definition) is 3. The molecule has 2 unspecified atom stereocenters. The summed E-state index contributed by atoms with van der Waals surface area (Å²) in [7, 11) is 2.08. The molecule has 1 aliphatic heterocycles. The number of hydrogen-bond donors (Lipinski definition) is 0. The lowest BCUT2D eigenvalue weighted by Crippen LogP contribution is -2.20. The van der Waals surface area contributed by atoms with Crippen LogP contribution in [-0.2, 0) is 0 Å². The Morgan fingerprint density at radius 1 is 0.815 bits per heavy atom. The molecule has 1 aliphatic rings. The van der Waals surface area contributed by atoms with Gasteiger partial charge in [-0.1, -0.05) is 103 Å². The summed E-state index contributed by atoms with van der Waals surface area (Å²) in [5.74, 6) is 0.0467. The van der Waals surface area contributed by atoms with Gasteiger partial charge in [0, 0.05) is 18.7 Å². The average molecular weight is 372 g/mol. The molecule has 0 N–H and O–H groups in total. The van der Waals surface area contributed by atoms with Gasteiger partial charge in [0.25, 0.3) is 0 Å². The number of nitrogens with zero attached hydrogens (tertiary/aromatic N) is 1. The fraction of sp³-hybridized carbons (Fsp3) is 0.125. The van der Waals surface area contributed by atoms with E-state index in [-0.39, 0.29) is 17.1 Å². The lowest BCUT2D eigenvalue weighted by molar-refractivity contribution is 0.104. The first-order valence-electron chi connectivity index (χ1n) is 9.04. The van der Waals surface area contributed by atoms with Crippen LogP contribution >= 0.6 is 11.8 Å². The molecule has 2 atom stereocenters. The van der Waals surface area contributed by atoms with Crippen LogP contribution in [-0.4, -0.2) is 17.7 Å². The Labute approximate surface area is 164 Å². The van der Waals surface area contributed by atoms with Crippen LogP contribution in [0, 0.1) is 0 Å². The largest absolute Gasteiger partial charge is 0.361 e. The van der Waals surface area contributed by atoms with E-state index in [1.54, 1.807) is 17.8 Å². The van der Waals surface area contributed by atoms with E-state index in [9.17, 15) is 4.79 Å². The van der Waals surface area contributed by atoms with Crippen molar-refractivity contribution in [2.24, 2.45) is 0 Å². The van der Waals surface area contributed by atoms with Gasteiger partial charge in [0.05, 0.1) is 16.3 Å². The highest BCUT2D eigenvalue weighted by atomic mass is 32.2. The van der Waals surface area contributed by atoms with Crippen LogP contribution in [0.3, 0.4) is 0 Å². The van der Waals surface area contributed by atoms with Gasteiger partial charge >= 0.3 is 0 Å². The number of likely N-dealkylation sites (N-methyl/N-ethyl adjacent to an activating group) is 1. The van der Waals surface area contributed by atoms with Crippen molar-refractivity contribution in [2.45, 2.75) is 11.3 Å². The van der Waals surface area contributed by atoms with Crippen LogP contribution < -0.4 is 0 Å². The Hall–Kier alpha value is -2.78. The summed E-state index contributed by atoms with van der Waals surface area (Å²) < 4.78 is 0. The quantitative estimate of drug-likeness (QED) is 0.422. The molecular formula is C24H21NOS. The monoisotopic (exact) mass is 371 g/mol. The zero-order chi connectivity index (χ0) is 18.6. The summed E-state index contributed by atoms with van der Waals surface area (Å²) in [6.45, 7) is 0. The van der Waals surface area contributed by atoms with Gasteiger partial charge < -0.3 is 4.90 Å². The molecule has 0 bridgehead atoms. The minimum atomic E-state index is 0.0467. The lowest BCUT2D eigenvalue weighted by Gasteiger charge is -2.26. The van der Waals surface area contributed by atoms with Crippen LogP contribution in [0.5, 0.6) is 0 Å². The van der Waals surface area contributed by atoms with Gasteiger partial charge in [-0.2, -0.15) is 0 Å². The minimum Gasteiger partial charge on any atom is -0.361 e. The van der Waals surface area contributed by atoms with E-state index in [1.807, 2.05) is 42.5 Å². The van der Waals surface area contributed by atoms with E-state index < -0.39 is 0 Å². The minimum absolute atomic E-state index is 0.0467. The third-order valence-corrected chi connectivity index (χ3v) is 6.31. The van der Waals surface area contributed by atoms with Crippen LogP contribution in [0.15, 0.2) is 102 Å². The fourth-order valence-corrected chi connectivity index (χ4v) is 4.97. The third-order valence-electron chi connectivity index (χ3n) is 4.88. The first-order valence-corrected chi connectivity index (χ1v) is 9.92. The predicted octanol–water partition coefficient (Wildman–Crippen LogP) is 5.87. The molecule has 0 aliphatic carbocycles. The normalized spacial score (nSPS) is 20.8. The standard InChI is InChI=1S/C24H21NOS/c1-25-22(17-21(26)18-11-5-2-6-12-18)27-24(20-15-9-4-10-16-20)23(25)19-13-7-3-8-14-19/h2-17,23-24H,1H3/b22-17+. The maximum absolute atomic E-state index is 12.7. The molecule has 0 saturated carbocycles. The van der Waals surface area contributed by atoms with Crippen molar-refractivity contribution >= 4 is 17.5 Å². The molecule has 1 heterocycles. The van der Waals surface area contributed by atoms with Crippen molar-refractivity contribution in [2.75, 3.05) is 7.05 Å². The Bertz CT molecular complexity index is 938. The van der Waals surface area contributed by atoms with Crippen molar-refractivity contribution in [1.29, 1.82) is 0 Å². The summed E-state index contributed by atoms with van der Waals surface area (Å²) >= 11 is 1.76. The SMILES string of the molecule is CN1/C(=C\C(=O)c2ccccc2)SC(c2ccccc2)C1c1ccccc1. The number of allylic oxidation sites excluding steroid dienone is 1. The Morgan fingerprint density at radius 3 is 1.93 bits per heavy atom. The van der Waals surface area contributed by atoms with E-state index in [0.717, 1.165) is 10.6 Å². The average Bonchev–Trinajstić information content (AvgIpc) is 3.06. The zero-order valence-electron chi connectivity index (χ0n) is 15.2. The first kappa shape index (κ1) is 17.6. The number of benzene rings is 3. The van der Waals surface area contributed by atoms with Crippen molar-refractivity contribution in [1.82, 2.24) is 4.90 Å². The first-order chi connectivity index (χ1) is 13.2. The smallest absolute Gasteiger partial charge is 0.188 e. The topological polar surface area (TPSA) is 20.3 Å². The van der Waals surface area contributed by atoms with E-state index in [4.69, 9.17) is 0 Å². The van der Waals surface area contributed by atoms with E-state index in [1.165, 1.54) is 11.1 Å². The second kappa shape index (κ2) is 7.85. The Morgan fingerprint density at radius 2 is 1.33 bits per heavy atom. The molecule has 0 radical (unpaired) electrons. The third kappa shape index (κ3) is 3.69. The molecule has 2 nitrogen and oxygen atoms in total. The van der Waals surface area contributed by atoms with Crippen LogP contribution in [0.25, 0.3) is 0 Å². The molecule has 0 aromatic heterocycles. The summed E-state index contributed by atoms with van der Waals surface area (Å²) in [6, 6.07) is 30.7. The van der Waals surface area contributed by atoms with E-state index in [2.05, 4.69) is 60.5 Å². The molecule has 27 heavy (non-hydrogen) atoms. The van der Waals surface area contributed by atoms with Crippen molar-refractivity contribution < 1.29 is 4.79 Å². The molecule has 4 rings (SSSR count). The second-order valence-electron chi connectivity index (χ2n) is 6.63. The molecule has 134 valence electrons. The highest BCUT2D eigenvalue weighted by Gasteiger charge is 2.38. The van der Waals surface area contributed by atoms with Gasteiger partial charge in [-0.15, -0.1) is 0 Å². The maximum atomic E-state index is 12.7. The summed E-state index contributed by atoms with van der Waals surface area (Å²) in [5, 5.41) is 1.25. The summed E-state index contributed by atoms with van der Waals surface area (Å²) in [4.78, 5) is 15.0. The van der Waals surface area contributed by atoms with E-state index in [0.29, 0.717) is 0 Å². The van der Waals surface area contributed by atoms with Gasteiger partial charge in [-0.05, 0) is 11.1 Å². The molecule has 0 amide bonds. The zero-order valence-corrected chi connectivity index (χ0v) is 16.0. The number of carbonyl (C=O) groups excluding carboxylic acids is 1. The fourth-order valence-electron chi connectivity index (χ4n) is 3.49. The predicted molar refractivity (Wildman–Crippen MR) is 113 cm³/mol. The van der Waals surface area contributed by atoms with Crippen molar-refractivity contribution in [3.63, 3.8) is 0 Å². The number of ketones is 1. The van der Waals surface area contributed by atoms with Crippen LogP contribution in [0.2, 0.25) is 0 Å². The molecule has 0 spiro atoms. The van der Waals surface area contributed by atoms with Crippen LogP contribution in [0.4, 0.5) is 0 Å². The number of rotatable bonds is 4. The lowest BCUT2D eigenvalue weighted by atomic mass is 9.97. The van der Waals surface area contributed by atoms with Crippen LogP contribution in [0.1, 0.15) is 32.8 Å². The van der Waals surface area contributed by atoms with Crippen molar-refractivity contribution in [3.05, 3.63) is 119 Å². The second-order valence-corrected chi connectivity index (χ2v) is 7.79. The van der Waals surface area contributed by atoms with Gasteiger partial charge in [-0.3, -0.25) is 4.79 Å². The Kier molecular flexibility index (Phi) is 5.12. The Balaban J connectivity index is 1.71. The molecule has 3 heteroatoms. The van der Waals surface area contributed by atoms with E-state index >= 15 is 0 Å². The number of carbonyl (C=O) groups is 1. The van der Waals surface area contributed by atoms with Gasteiger partial charge in [0.1, 0.15) is 0 Å². The van der Waals surface area contributed by atoms with Crippen molar-refractivity contribution in [3.8, 4) is 0 Å². The molecule has 3 aromatic carbocycles.